The molecule has 1 fully saturated rings. The summed E-state index contributed by atoms with van der Waals surface area (Å²) in [4.78, 5) is 0.247. The van der Waals surface area contributed by atoms with Crippen LogP contribution in [0.3, 0.4) is 0 Å². The van der Waals surface area contributed by atoms with Crippen molar-refractivity contribution in [2.45, 2.75) is 37.0 Å². The molecule has 0 heterocycles. The van der Waals surface area contributed by atoms with E-state index in [1.807, 2.05) is 6.07 Å². The third kappa shape index (κ3) is 3.75. The molecule has 1 saturated carbocycles. The summed E-state index contributed by atoms with van der Waals surface area (Å²) >= 11 is 0. The van der Waals surface area contributed by atoms with Crippen molar-refractivity contribution in [1.82, 2.24) is 4.72 Å². The van der Waals surface area contributed by atoms with Crippen molar-refractivity contribution in [3.63, 3.8) is 0 Å². The molecule has 1 aliphatic rings. The summed E-state index contributed by atoms with van der Waals surface area (Å²) in [7, 11) is -2.08. The molecular weight excluding hydrogens is 288 g/mol. The molecule has 0 radical (unpaired) electrons. The molecular formula is C15H24N2O3S. The fourth-order valence-corrected chi connectivity index (χ4v) is 3.84. The Hall–Kier alpha value is -1.11. The molecule has 1 aromatic carbocycles. The maximum absolute atomic E-state index is 12.0. The van der Waals surface area contributed by atoms with Gasteiger partial charge in [-0.1, -0.05) is 31.4 Å². The van der Waals surface area contributed by atoms with Crippen molar-refractivity contribution < 1.29 is 13.5 Å². The van der Waals surface area contributed by atoms with Gasteiger partial charge in [-0.25, -0.2) is 13.1 Å². The Bertz CT molecular complexity index is 566. The van der Waals surface area contributed by atoms with E-state index in [1.165, 1.54) is 13.5 Å². The van der Waals surface area contributed by atoms with Gasteiger partial charge in [-0.3, -0.25) is 0 Å². The van der Waals surface area contributed by atoms with E-state index in [9.17, 15) is 13.5 Å². The van der Waals surface area contributed by atoms with Gasteiger partial charge < -0.3 is 10.4 Å². The predicted molar refractivity (Wildman–Crippen MR) is 83.8 cm³/mol. The highest BCUT2D eigenvalue weighted by atomic mass is 32.2. The molecule has 0 saturated heterocycles. The summed E-state index contributed by atoms with van der Waals surface area (Å²) in [5.74, 6) is 0. The predicted octanol–water partition coefficient (Wildman–Crippen LogP) is 1.95. The monoisotopic (exact) mass is 312 g/mol. The van der Waals surface area contributed by atoms with Crippen molar-refractivity contribution in [1.29, 1.82) is 0 Å². The third-order valence-electron chi connectivity index (χ3n) is 4.35. The summed E-state index contributed by atoms with van der Waals surface area (Å²) in [5.41, 5.74) is 0.458. The molecule has 1 aromatic rings. The molecule has 3 N–H and O–H groups in total. The zero-order valence-corrected chi connectivity index (χ0v) is 13.2. The van der Waals surface area contributed by atoms with E-state index < -0.39 is 10.0 Å². The zero-order chi connectivity index (χ0) is 15.3. The van der Waals surface area contributed by atoms with Crippen LogP contribution in [0.4, 0.5) is 5.69 Å². The first-order valence-corrected chi connectivity index (χ1v) is 8.89. The van der Waals surface area contributed by atoms with E-state index in [1.54, 1.807) is 18.2 Å². The largest absolute Gasteiger partial charge is 0.396 e. The highest BCUT2D eigenvalue weighted by Gasteiger charge is 2.31. The second-order valence-corrected chi connectivity index (χ2v) is 7.63. The van der Waals surface area contributed by atoms with E-state index in [0.717, 1.165) is 25.7 Å². The number of anilines is 1. The van der Waals surface area contributed by atoms with E-state index in [4.69, 9.17) is 0 Å². The molecule has 0 atom stereocenters. The van der Waals surface area contributed by atoms with Gasteiger partial charge in [0.1, 0.15) is 4.90 Å². The lowest BCUT2D eigenvalue weighted by molar-refractivity contribution is 0.0943. The number of sulfonamides is 1. The molecule has 0 unspecified atom stereocenters. The number of nitrogens with one attached hydrogen (secondary N) is 2. The highest BCUT2D eigenvalue weighted by molar-refractivity contribution is 7.89. The van der Waals surface area contributed by atoms with Gasteiger partial charge in [-0.05, 0) is 32.0 Å². The van der Waals surface area contributed by atoms with Gasteiger partial charge in [0, 0.05) is 12.0 Å². The molecule has 0 aliphatic heterocycles. The lowest BCUT2D eigenvalue weighted by Gasteiger charge is -2.36. The Kier molecular flexibility index (Phi) is 5.24. The minimum Gasteiger partial charge on any atom is -0.396 e. The quantitative estimate of drug-likeness (QED) is 0.750. The summed E-state index contributed by atoms with van der Waals surface area (Å²) in [6.45, 7) is 0.737. The Morgan fingerprint density at radius 2 is 1.86 bits per heavy atom. The van der Waals surface area contributed by atoms with E-state index in [0.29, 0.717) is 12.2 Å². The van der Waals surface area contributed by atoms with Crippen LogP contribution in [-0.2, 0) is 10.0 Å². The van der Waals surface area contributed by atoms with E-state index in [-0.39, 0.29) is 16.9 Å². The average molecular weight is 312 g/mol. The lowest BCUT2D eigenvalue weighted by Crippen LogP contribution is -2.36. The second kappa shape index (κ2) is 6.77. The maximum atomic E-state index is 12.0. The van der Waals surface area contributed by atoms with Gasteiger partial charge in [0.05, 0.1) is 12.3 Å². The molecule has 0 bridgehead atoms. The third-order valence-corrected chi connectivity index (χ3v) is 5.82. The number of aliphatic hydroxyl groups is 1. The number of rotatable bonds is 6. The van der Waals surface area contributed by atoms with Crippen molar-refractivity contribution in [2.24, 2.45) is 5.41 Å². The van der Waals surface area contributed by atoms with Crippen LogP contribution in [0, 0.1) is 5.41 Å². The molecule has 1 aliphatic carbocycles. The molecule has 5 nitrogen and oxygen atoms in total. The number of hydrogen-bond donors (Lipinski definition) is 3. The minimum atomic E-state index is -3.48. The number of benzene rings is 1. The smallest absolute Gasteiger partial charge is 0.242 e. The Morgan fingerprint density at radius 1 is 1.19 bits per heavy atom. The summed E-state index contributed by atoms with van der Waals surface area (Å²) < 4.78 is 26.4. The van der Waals surface area contributed by atoms with Gasteiger partial charge in [-0.2, -0.15) is 0 Å². The number of aliphatic hydroxyl groups excluding tert-OH is 1. The first kappa shape index (κ1) is 16.3. The van der Waals surface area contributed by atoms with Crippen LogP contribution in [0.5, 0.6) is 0 Å². The van der Waals surface area contributed by atoms with Crippen LogP contribution in [-0.4, -0.2) is 33.7 Å². The van der Waals surface area contributed by atoms with Crippen LogP contribution in [0.1, 0.15) is 32.1 Å². The van der Waals surface area contributed by atoms with Gasteiger partial charge in [0.15, 0.2) is 0 Å². The van der Waals surface area contributed by atoms with Crippen molar-refractivity contribution in [3.05, 3.63) is 24.3 Å². The zero-order valence-electron chi connectivity index (χ0n) is 12.4. The first-order chi connectivity index (χ1) is 10.0. The van der Waals surface area contributed by atoms with Crippen molar-refractivity contribution in [2.75, 3.05) is 25.5 Å². The molecule has 118 valence electrons. The molecule has 0 spiro atoms. The van der Waals surface area contributed by atoms with Crippen LogP contribution in [0.25, 0.3) is 0 Å². The van der Waals surface area contributed by atoms with Crippen molar-refractivity contribution >= 4 is 15.7 Å². The van der Waals surface area contributed by atoms with Gasteiger partial charge >= 0.3 is 0 Å². The van der Waals surface area contributed by atoms with Crippen LogP contribution in [0.2, 0.25) is 0 Å². The fraction of sp³-hybridized carbons (Fsp3) is 0.600. The number of hydrogen-bond acceptors (Lipinski definition) is 4. The average Bonchev–Trinajstić information content (AvgIpc) is 2.54. The van der Waals surface area contributed by atoms with Crippen LogP contribution < -0.4 is 10.0 Å². The van der Waals surface area contributed by atoms with E-state index in [2.05, 4.69) is 10.0 Å². The SMILES string of the molecule is CNS(=O)(=O)c1ccccc1NCC1(CO)CCCCC1. The highest BCUT2D eigenvalue weighted by Crippen LogP contribution is 2.36. The molecule has 21 heavy (non-hydrogen) atoms. The molecule has 0 amide bonds. The number of para-hydroxylation sites is 1. The van der Waals surface area contributed by atoms with Crippen LogP contribution >= 0.6 is 0 Å². The lowest BCUT2D eigenvalue weighted by atomic mass is 9.74. The summed E-state index contributed by atoms with van der Waals surface area (Å²) in [6.07, 6.45) is 5.43. The second-order valence-electron chi connectivity index (χ2n) is 5.78. The molecule has 6 heteroatoms. The summed E-state index contributed by atoms with van der Waals surface area (Å²) in [5, 5.41) is 13.0. The Balaban J connectivity index is 2.17. The topological polar surface area (TPSA) is 78.4 Å². The normalized spacial score (nSPS) is 18.4. The summed E-state index contributed by atoms with van der Waals surface area (Å²) in [6, 6.07) is 6.86. The van der Waals surface area contributed by atoms with Gasteiger partial charge in [0.25, 0.3) is 0 Å². The van der Waals surface area contributed by atoms with E-state index >= 15 is 0 Å². The Labute approximate surface area is 126 Å². The standard InChI is InChI=1S/C15H24N2O3S/c1-16-21(19,20)14-8-4-3-7-13(14)17-11-15(12-18)9-5-2-6-10-15/h3-4,7-8,16-18H,2,5-6,9-12H2,1H3. The minimum absolute atomic E-state index is 0.130. The van der Waals surface area contributed by atoms with Gasteiger partial charge in [-0.15, -0.1) is 0 Å². The van der Waals surface area contributed by atoms with Crippen molar-refractivity contribution in [3.8, 4) is 0 Å². The first-order valence-electron chi connectivity index (χ1n) is 7.40. The van der Waals surface area contributed by atoms with Crippen LogP contribution in [0.15, 0.2) is 29.2 Å². The fourth-order valence-electron chi connectivity index (χ4n) is 2.93. The van der Waals surface area contributed by atoms with Gasteiger partial charge in [0.2, 0.25) is 10.0 Å². The maximum Gasteiger partial charge on any atom is 0.242 e. The molecule has 2 rings (SSSR count). The Morgan fingerprint density at radius 3 is 2.48 bits per heavy atom. The molecule has 0 aromatic heterocycles.